The summed E-state index contributed by atoms with van der Waals surface area (Å²) in [6, 6.07) is 14.3. The summed E-state index contributed by atoms with van der Waals surface area (Å²) in [5, 5.41) is 1.72. The molecule has 0 aliphatic carbocycles. The molecule has 26 heavy (non-hydrogen) atoms. The average Bonchev–Trinajstić information content (AvgIpc) is 2.95. The van der Waals surface area contributed by atoms with Crippen molar-refractivity contribution in [1.82, 2.24) is 9.55 Å². The van der Waals surface area contributed by atoms with Crippen LogP contribution in [-0.2, 0) is 12.5 Å². The summed E-state index contributed by atoms with van der Waals surface area (Å²) >= 11 is 7.86. The van der Waals surface area contributed by atoms with Crippen molar-refractivity contribution < 1.29 is 4.74 Å². The minimum Gasteiger partial charge on any atom is -0.496 e. The highest BCUT2D eigenvalue weighted by atomic mass is 35.5. The third-order valence-electron chi connectivity index (χ3n) is 4.29. The molecule has 0 fully saturated rings. The topological polar surface area (TPSA) is 27.1 Å². The van der Waals surface area contributed by atoms with Crippen LogP contribution in [0.5, 0.6) is 5.75 Å². The largest absolute Gasteiger partial charge is 0.496 e. The number of hydrogen-bond acceptors (Lipinski definition) is 3. The molecule has 3 aromatic rings. The van der Waals surface area contributed by atoms with Crippen molar-refractivity contribution in [3.05, 3.63) is 59.2 Å². The van der Waals surface area contributed by atoms with Crippen molar-refractivity contribution in [2.45, 2.75) is 36.1 Å². The highest BCUT2D eigenvalue weighted by molar-refractivity contribution is 7.99. The molecule has 0 N–H and O–H groups in total. The molecule has 0 spiro atoms. The minimum atomic E-state index is 0.159. The first kappa shape index (κ1) is 18.9. The molecule has 0 bridgehead atoms. The van der Waals surface area contributed by atoms with Gasteiger partial charge in [-0.1, -0.05) is 56.3 Å². The molecular formula is C21H23ClN2OS. The maximum absolute atomic E-state index is 6.17. The molecular weight excluding hydrogens is 364 g/mol. The van der Waals surface area contributed by atoms with Crippen molar-refractivity contribution in [3.63, 3.8) is 0 Å². The van der Waals surface area contributed by atoms with E-state index >= 15 is 0 Å². The Balaban J connectivity index is 1.89. The van der Waals surface area contributed by atoms with Gasteiger partial charge in [-0.3, -0.25) is 0 Å². The van der Waals surface area contributed by atoms with Crippen LogP contribution < -0.4 is 4.74 Å². The summed E-state index contributed by atoms with van der Waals surface area (Å²) in [5.41, 5.74) is 2.38. The number of aromatic nitrogens is 2. The van der Waals surface area contributed by atoms with Gasteiger partial charge in [-0.15, -0.1) is 0 Å². The molecule has 136 valence electrons. The van der Waals surface area contributed by atoms with E-state index in [4.69, 9.17) is 16.3 Å². The lowest BCUT2D eigenvalue weighted by molar-refractivity contribution is 0.416. The first-order valence-corrected chi connectivity index (χ1v) is 9.63. The van der Waals surface area contributed by atoms with Gasteiger partial charge in [0.05, 0.1) is 23.9 Å². The highest BCUT2D eigenvalue weighted by Crippen LogP contribution is 2.36. The van der Waals surface area contributed by atoms with Crippen LogP contribution in [0.3, 0.4) is 0 Å². The van der Waals surface area contributed by atoms with E-state index in [2.05, 4.69) is 54.6 Å². The quantitative estimate of drug-likeness (QED) is 0.534. The molecule has 3 nitrogen and oxygen atoms in total. The number of rotatable bonds is 4. The van der Waals surface area contributed by atoms with Crippen molar-refractivity contribution in [2.24, 2.45) is 7.05 Å². The Hall–Kier alpha value is -1.91. The van der Waals surface area contributed by atoms with Crippen LogP contribution in [0.2, 0.25) is 5.02 Å². The Kier molecular flexibility index (Phi) is 5.35. The number of nitrogens with zero attached hydrogens (tertiary/aromatic N) is 2. The number of methoxy groups -OCH3 is 1. The Morgan fingerprint density at radius 2 is 1.77 bits per heavy atom. The third-order valence-corrected chi connectivity index (χ3v) is 5.62. The summed E-state index contributed by atoms with van der Waals surface area (Å²) in [5.74, 6) is 1.59. The Labute approximate surface area is 164 Å². The van der Waals surface area contributed by atoms with E-state index in [0.717, 1.165) is 22.2 Å². The fourth-order valence-electron chi connectivity index (χ4n) is 2.74. The number of imidazole rings is 1. The van der Waals surface area contributed by atoms with Crippen LogP contribution in [0.4, 0.5) is 0 Å². The van der Waals surface area contributed by atoms with E-state index < -0.39 is 0 Å². The predicted molar refractivity (Wildman–Crippen MR) is 109 cm³/mol. The van der Waals surface area contributed by atoms with E-state index in [1.165, 1.54) is 10.5 Å². The van der Waals surface area contributed by atoms with Crippen LogP contribution in [-0.4, -0.2) is 16.7 Å². The van der Waals surface area contributed by atoms with Gasteiger partial charge in [-0.2, -0.15) is 0 Å². The second kappa shape index (κ2) is 7.37. The normalized spacial score (nSPS) is 11.6. The SMILES string of the molecule is COc1ccc(Cl)cc1-c1ncc(Sc2ccc(C(C)(C)C)cc2)n1C. The molecule has 0 aliphatic heterocycles. The molecule has 2 aromatic carbocycles. The number of benzene rings is 2. The molecule has 5 heteroatoms. The van der Waals surface area contributed by atoms with E-state index in [1.807, 2.05) is 31.4 Å². The van der Waals surface area contributed by atoms with Crippen LogP contribution in [0, 0.1) is 0 Å². The van der Waals surface area contributed by atoms with Crippen LogP contribution in [0.15, 0.2) is 58.6 Å². The van der Waals surface area contributed by atoms with Gasteiger partial charge in [0.1, 0.15) is 11.6 Å². The second-order valence-corrected chi connectivity index (χ2v) is 8.73. The maximum atomic E-state index is 6.17. The fourth-order valence-corrected chi connectivity index (χ4v) is 3.75. The lowest BCUT2D eigenvalue weighted by Gasteiger charge is -2.19. The van der Waals surface area contributed by atoms with Gasteiger partial charge < -0.3 is 9.30 Å². The first-order valence-electron chi connectivity index (χ1n) is 8.43. The molecule has 0 saturated carbocycles. The van der Waals surface area contributed by atoms with Gasteiger partial charge in [0.15, 0.2) is 0 Å². The van der Waals surface area contributed by atoms with Crippen LogP contribution >= 0.6 is 23.4 Å². The molecule has 0 amide bonds. The Morgan fingerprint density at radius 3 is 2.38 bits per heavy atom. The second-order valence-electron chi connectivity index (χ2n) is 7.20. The molecule has 0 atom stereocenters. The smallest absolute Gasteiger partial charge is 0.144 e. The van der Waals surface area contributed by atoms with Crippen LogP contribution in [0.25, 0.3) is 11.4 Å². The predicted octanol–water partition coefficient (Wildman–Crippen LogP) is 6.20. The lowest BCUT2D eigenvalue weighted by atomic mass is 9.87. The average molecular weight is 387 g/mol. The van der Waals surface area contributed by atoms with Crippen LogP contribution in [0.1, 0.15) is 26.3 Å². The lowest BCUT2D eigenvalue weighted by Crippen LogP contribution is -2.10. The minimum absolute atomic E-state index is 0.159. The molecule has 3 rings (SSSR count). The van der Waals surface area contributed by atoms with E-state index in [1.54, 1.807) is 18.9 Å². The monoisotopic (exact) mass is 386 g/mol. The van der Waals surface area contributed by atoms with Gasteiger partial charge in [0, 0.05) is 17.0 Å². The summed E-state index contributed by atoms with van der Waals surface area (Å²) in [7, 11) is 3.66. The highest BCUT2D eigenvalue weighted by Gasteiger charge is 2.16. The molecule has 1 aromatic heterocycles. The summed E-state index contributed by atoms with van der Waals surface area (Å²) in [6.07, 6.45) is 1.89. The van der Waals surface area contributed by atoms with Gasteiger partial charge in [-0.25, -0.2) is 4.98 Å². The van der Waals surface area contributed by atoms with E-state index in [0.29, 0.717) is 5.02 Å². The zero-order valence-electron chi connectivity index (χ0n) is 15.7. The number of halogens is 1. The zero-order chi connectivity index (χ0) is 18.9. The number of hydrogen-bond donors (Lipinski definition) is 0. The first-order chi connectivity index (χ1) is 12.3. The molecule has 0 radical (unpaired) electrons. The van der Waals surface area contributed by atoms with Crippen molar-refractivity contribution in [2.75, 3.05) is 7.11 Å². The van der Waals surface area contributed by atoms with Gasteiger partial charge in [0.2, 0.25) is 0 Å². The molecule has 0 unspecified atom stereocenters. The molecule has 1 heterocycles. The number of ether oxygens (including phenoxy) is 1. The van der Waals surface area contributed by atoms with Gasteiger partial charge >= 0.3 is 0 Å². The van der Waals surface area contributed by atoms with Crippen molar-refractivity contribution in [3.8, 4) is 17.1 Å². The standard InChI is InChI=1S/C21H23ClN2OS/c1-21(2,3)14-6-9-16(10-7-14)26-19-13-23-20(24(19)4)17-12-15(22)8-11-18(17)25-5/h6-13H,1-5H3. The van der Waals surface area contributed by atoms with E-state index in [-0.39, 0.29) is 5.41 Å². The fraction of sp³-hybridized carbons (Fsp3) is 0.286. The Morgan fingerprint density at radius 1 is 1.08 bits per heavy atom. The van der Waals surface area contributed by atoms with E-state index in [9.17, 15) is 0 Å². The van der Waals surface area contributed by atoms with Gasteiger partial charge in [0.25, 0.3) is 0 Å². The maximum Gasteiger partial charge on any atom is 0.144 e. The van der Waals surface area contributed by atoms with Gasteiger partial charge in [-0.05, 0) is 41.3 Å². The Bertz CT molecular complexity index is 911. The van der Waals surface area contributed by atoms with Crippen molar-refractivity contribution >= 4 is 23.4 Å². The van der Waals surface area contributed by atoms with Crippen molar-refractivity contribution in [1.29, 1.82) is 0 Å². The molecule has 0 saturated heterocycles. The summed E-state index contributed by atoms with van der Waals surface area (Å²) in [4.78, 5) is 5.78. The third kappa shape index (κ3) is 3.92. The summed E-state index contributed by atoms with van der Waals surface area (Å²) < 4.78 is 7.53. The zero-order valence-corrected chi connectivity index (χ0v) is 17.3. The molecule has 0 aliphatic rings. The summed E-state index contributed by atoms with van der Waals surface area (Å²) in [6.45, 7) is 6.67.